The highest BCUT2D eigenvalue weighted by atomic mass is 16.5. The van der Waals surface area contributed by atoms with Crippen LogP contribution in [0.25, 0.3) is 0 Å². The summed E-state index contributed by atoms with van der Waals surface area (Å²) in [7, 11) is 0. The van der Waals surface area contributed by atoms with Crippen LogP contribution in [-0.2, 0) is 9.53 Å². The fraction of sp³-hybridized carbons (Fsp3) is 0.933. The lowest BCUT2D eigenvalue weighted by molar-refractivity contribution is -0.145. The number of hydrogen-bond acceptors (Lipinski definition) is 5. The lowest BCUT2D eigenvalue weighted by Gasteiger charge is -2.34. The van der Waals surface area contributed by atoms with Gasteiger partial charge in [-0.2, -0.15) is 0 Å². The zero-order valence-electron chi connectivity index (χ0n) is 13.3. The molecule has 0 spiro atoms. The fourth-order valence-electron chi connectivity index (χ4n) is 3.24. The van der Waals surface area contributed by atoms with E-state index < -0.39 is 11.5 Å². The number of carboxylic acids is 1. The first-order valence-electron chi connectivity index (χ1n) is 8.08. The van der Waals surface area contributed by atoms with Crippen LogP contribution in [0.3, 0.4) is 0 Å². The fourth-order valence-corrected chi connectivity index (χ4v) is 3.24. The number of nitrogens with zero attached hydrogens (tertiary/aromatic N) is 2. The highest BCUT2D eigenvalue weighted by Gasteiger charge is 2.37. The molecule has 0 amide bonds. The van der Waals surface area contributed by atoms with E-state index >= 15 is 0 Å². The number of rotatable bonds is 7. The van der Waals surface area contributed by atoms with E-state index in [1.54, 1.807) is 6.92 Å². The van der Waals surface area contributed by atoms with Gasteiger partial charge in [-0.3, -0.25) is 14.6 Å². The van der Waals surface area contributed by atoms with Gasteiger partial charge >= 0.3 is 5.97 Å². The Morgan fingerprint density at radius 3 is 2.71 bits per heavy atom. The Hall–Kier alpha value is -0.690. The monoisotopic (exact) mass is 299 g/mol. The third-order valence-corrected chi connectivity index (χ3v) is 4.59. The van der Waals surface area contributed by atoms with E-state index in [1.165, 1.54) is 0 Å². The summed E-state index contributed by atoms with van der Waals surface area (Å²) in [5.41, 5.74) is -0.851. The second kappa shape index (κ2) is 7.54. The van der Waals surface area contributed by atoms with Gasteiger partial charge in [0.1, 0.15) is 5.54 Å². The van der Waals surface area contributed by atoms with Crippen molar-refractivity contribution in [3.05, 3.63) is 0 Å². The molecule has 0 aromatic rings. The smallest absolute Gasteiger partial charge is 0.324 e. The molecule has 2 saturated heterocycles. The van der Waals surface area contributed by atoms with Crippen molar-refractivity contribution in [3.8, 4) is 0 Å². The van der Waals surface area contributed by atoms with Gasteiger partial charge in [-0.15, -0.1) is 0 Å². The van der Waals surface area contributed by atoms with Crippen molar-refractivity contribution in [1.29, 1.82) is 0 Å². The molecule has 2 atom stereocenters. The standard InChI is InChI=1S/C15H29N3O3/c1-3-5-16-15(2,14(19)20)12-17-6-4-13(11-17)18-7-9-21-10-8-18/h13,16H,3-12H2,1-2H3,(H,19,20). The van der Waals surface area contributed by atoms with E-state index in [0.717, 1.165) is 58.8 Å². The summed E-state index contributed by atoms with van der Waals surface area (Å²) in [5, 5.41) is 12.7. The summed E-state index contributed by atoms with van der Waals surface area (Å²) in [6.07, 6.45) is 2.07. The maximum absolute atomic E-state index is 11.6. The van der Waals surface area contributed by atoms with Crippen LogP contribution in [-0.4, -0.2) is 84.9 Å². The molecule has 0 aliphatic carbocycles. The van der Waals surface area contributed by atoms with Crippen LogP contribution in [0.15, 0.2) is 0 Å². The Kier molecular flexibility index (Phi) is 5.98. The van der Waals surface area contributed by atoms with Crippen molar-refractivity contribution in [2.24, 2.45) is 0 Å². The molecule has 0 saturated carbocycles. The van der Waals surface area contributed by atoms with Crippen molar-refractivity contribution in [2.75, 3.05) is 52.5 Å². The quantitative estimate of drug-likeness (QED) is 0.702. The van der Waals surface area contributed by atoms with Crippen LogP contribution < -0.4 is 5.32 Å². The molecule has 122 valence electrons. The van der Waals surface area contributed by atoms with Gasteiger partial charge in [0.2, 0.25) is 0 Å². The predicted molar refractivity (Wildman–Crippen MR) is 81.6 cm³/mol. The minimum Gasteiger partial charge on any atom is -0.480 e. The Morgan fingerprint density at radius 1 is 1.38 bits per heavy atom. The van der Waals surface area contributed by atoms with Crippen LogP contribution in [0, 0.1) is 0 Å². The topological polar surface area (TPSA) is 65.0 Å². The minimum atomic E-state index is -0.851. The molecule has 6 nitrogen and oxygen atoms in total. The van der Waals surface area contributed by atoms with E-state index in [0.29, 0.717) is 12.6 Å². The van der Waals surface area contributed by atoms with Gasteiger partial charge in [-0.1, -0.05) is 6.92 Å². The average Bonchev–Trinajstić information content (AvgIpc) is 2.94. The van der Waals surface area contributed by atoms with E-state index in [4.69, 9.17) is 4.74 Å². The van der Waals surface area contributed by atoms with E-state index in [2.05, 4.69) is 22.0 Å². The number of nitrogens with one attached hydrogen (secondary N) is 1. The molecule has 2 rings (SSSR count). The number of morpholine rings is 1. The van der Waals surface area contributed by atoms with Crippen molar-refractivity contribution < 1.29 is 14.6 Å². The average molecular weight is 299 g/mol. The molecule has 6 heteroatoms. The van der Waals surface area contributed by atoms with Crippen LogP contribution in [0.2, 0.25) is 0 Å². The summed E-state index contributed by atoms with van der Waals surface area (Å²) in [6, 6.07) is 0.554. The number of carboxylic acid groups (broad SMARTS) is 1. The van der Waals surface area contributed by atoms with Gasteiger partial charge in [0.05, 0.1) is 13.2 Å². The van der Waals surface area contributed by atoms with Gasteiger partial charge in [-0.25, -0.2) is 0 Å². The zero-order valence-corrected chi connectivity index (χ0v) is 13.3. The molecular formula is C15H29N3O3. The molecule has 21 heavy (non-hydrogen) atoms. The second-order valence-corrected chi connectivity index (χ2v) is 6.39. The molecule has 2 aliphatic heterocycles. The Bertz CT molecular complexity index is 347. The molecule has 2 heterocycles. The van der Waals surface area contributed by atoms with Gasteiger partial charge in [-0.05, 0) is 32.9 Å². The number of carbonyl (C=O) groups is 1. The predicted octanol–water partition coefficient (Wildman–Crippen LogP) is 0.236. The van der Waals surface area contributed by atoms with Crippen molar-refractivity contribution in [2.45, 2.75) is 38.3 Å². The second-order valence-electron chi connectivity index (χ2n) is 6.39. The van der Waals surface area contributed by atoms with Crippen molar-refractivity contribution in [1.82, 2.24) is 15.1 Å². The molecule has 2 unspecified atom stereocenters. The SMILES string of the molecule is CCCNC(C)(CN1CCC(N2CCOCC2)C1)C(=O)O. The van der Waals surface area contributed by atoms with E-state index in [1.807, 2.05) is 0 Å². The number of hydrogen-bond donors (Lipinski definition) is 2. The van der Waals surface area contributed by atoms with Crippen molar-refractivity contribution >= 4 is 5.97 Å². The highest BCUT2D eigenvalue weighted by Crippen LogP contribution is 2.19. The largest absolute Gasteiger partial charge is 0.480 e. The third kappa shape index (κ3) is 4.39. The number of ether oxygens (including phenoxy) is 1. The Balaban J connectivity index is 1.86. The molecule has 0 aromatic carbocycles. The van der Waals surface area contributed by atoms with Gasteiger partial charge in [0.15, 0.2) is 0 Å². The third-order valence-electron chi connectivity index (χ3n) is 4.59. The molecule has 2 fully saturated rings. The molecule has 0 aromatic heterocycles. The highest BCUT2D eigenvalue weighted by molar-refractivity contribution is 5.78. The minimum absolute atomic E-state index is 0.554. The van der Waals surface area contributed by atoms with E-state index in [9.17, 15) is 9.90 Å². The number of aliphatic carboxylic acids is 1. The van der Waals surface area contributed by atoms with Crippen LogP contribution >= 0.6 is 0 Å². The molecule has 2 aliphatic rings. The maximum Gasteiger partial charge on any atom is 0.324 e. The Labute approximate surface area is 127 Å². The first kappa shape index (κ1) is 16.7. The van der Waals surface area contributed by atoms with Gasteiger partial charge < -0.3 is 15.2 Å². The Morgan fingerprint density at radius 2 is 2.10 bits per heavy atom. The summed E-state index contributed by atoms with van der Waals surface area (Å²) >= 11 is 0. The van der Waals surface area contributed by atoms with Crippen molar-refractivity contribution in [3.63, 3.8) is 0 Å². The lowest BCUT2D eigenvalue weighted by Crippen LogP contribution is -2.57. The summed E-state index contributed by atoms with van der Waals surface area (Å²) < 4.78 is 5.40. The zero-order chi connectivity index (χ0) is 15.3. The number of likely N-dealkylation sites (tertiary alicyclic amines) is 1. The van der Waals surface area contributed by atoms with Crippen LogP contribution in [0.5, 0.6) is 0 Å². The summed E-state index contributed by atoms with van der Waals surface area (Å²) in [6.45, 7) is 10.8. The summed E-state index contributed by atoms with van der Waals surface area (Å²) in [4.78, 5) is 16.4. The molecule has 0 bridgehead atoms. The summed E-state index contributed by atoms with van der Waals surface area (Å²) in [5.74, 6) is -0.759. The van der Waals surface area contributed by atoms with Crippen LogP contribution in [0.4, 0.5) is 0 Å². The maximum atomic E-state index is 11.6. The molecule has 2 N–H and O–H groups in total. The van der Waals surface area contributed by atoms with E-state index in [-0.39, 0.29) is 0 Å². The normalized spacial score (nSPS) is 27.6. The molecule has 0 radical (unpaired) electrons. The molecular weight excluding hydrogens is 270 g/mol. The van der Waals surface area contributed by atoms with Crippen LogP contribution in [0.1, 0.15) is 26.7 Å². The van der Waals surface area contributed by atoms with Gasteiger partial charge in [0.25, 0.3) is 0 Å². The first-order chi connectivity index (χ1) is 10.0. The van der Waals surface area contributed by atoms with Gasteiger partial charge in [0, 0.05) is 32.2 Å². The first-order valence-corrected chi connectivity index (χ1v) is 8.08. The lowest BCUT2D eigenvalue weighted by atomic mass is 10.0.